The van der Waals surface area contributed by atoms with E-state index < -0.39 is 9.84 Å². The lowest BCUT2D eigenvalue weighted by molar-refractivity contribution is 0.563. The van der Waals surface area contributed by atoms with E-state index >= 15 is 0 Å². The zero-order valence-electron chi connectivity index (χ0n) is 11.9. The number of imidazole rings is 1. The molecular formula is C14H21N3O2S. The van der Waals surface area contributed by atoms with Crippen LogP contribution in [0.2, 0.25) is 0 Å². The van der Waals surface area contributed by atoms with Gasteiger partial charge in [0.05, 0.1) is 22.5 Å². The molecule has 0 saturated carbocycles. The van der Waals surface area contributed by atoms with Gasteiger partial charge in [0.25, 0.3) is 0 Å². The fraction of sp³-hybridized carbons (Fsp3) is 0.500. The van der Waals surface area contributed by atoms with Crippen LogP contribution in [0.5, 0.6) is 0 Å². The zero-order chi connectivity index (χ0) is 14.8. The molecule has 2 aromatic rings. The van der Waals surface area contributed by atoms with Crippen molar-refractivity contribution in [3.8, 4) is 0 Å². The Morgan fingerprint density at radius 3 is 2.85 bits per heavy atom. The van der Waals surface area contributed by atoms with Gasteiger partial charge in [-0.05, 0) is 24.1 Å². The summed E-state index contributed by atoms with van der Waals surface area (Å²) in [4.78, 5) is 7.50. The Labute approximate surface area is 119 Å². The van der Waals surface area contributed by atoms with Crippen molar-refractivity contribution < 1.29 is 8.42 Å². The van der Waals surface area contributed by atoms with Gasteiger partial charge in [-0.25, -0.2) is 13.4 Å². The van der Waals surface area contributed by atoms with Gasteiger partial charge >= 0.3 is 0 Å². The van der Waals surface area contributed by atoms with Crippen LogP contribution in [0.25, 0.3) is 11.0 Å². The lowest BCUT2D eigenvalue weighted by atomic mass is 10.2. The smallest absolute Gasteiger partial charge is 0.151 e. The molecule has 2 rings (SSSR count). The van der Waals surface area contributed by atoms with E-state index in [1.165, 1.54) is 0 Å². The molecule has 5 nitrogen and oxygen atoms in total. The Balaban J connectivity index is 2.05. The van der Waals surface area contributed by atoms with Crippen LogP contribution < -0.4 is 5.73 Å². The molecule has 1 atom stereocenters. The molecule has 1 aromatic heterocycles. The van der Waals surface area contributed by atoms with Gasteiger partial charge in [0.1, 0.15) is 5.82 Å². The minimum Gasteiger partial charge on any atom is -0.399 e. The van der Waals surface area contributed by atoms with Crippen LogP contribution in [-0.4, -0.2) is 29.9 Å². The van der Waals surface area contributed by atoms with Crippen LogP contribution in [0, 0.1) is 5.92 Å². The summed E-state index contributed by atoms with van der Waals surface area (Å²) in [5, 5.41) is 0. The molecule has 20 heavy (non-hydrogen) atoms. The second-order valence-electron chi connectivity index (χ2n) is 5.34. The third kappa shape index (κ3) is 3.72. The third-order valence-electron chi connectivity index (χ3n) is 3.44. The van der Waals surface area contributed by atoms with E-state index in [0.717, 1.165) is 17.5 Å². The fourth-order valence-electron chi connectivity index (χ4n) is 2.09. The number of sulfone groups is 1. The SMILES string of the molecule is CCC(C)CS(=O)(=O)CCc1nc2ccc(N)cc2[nH]1. The maximum atomic E-state index is 12.0. The maximum absolute atomic E-state index is 12.0. The number of H-pyrrole nitrogens is 1. The van der Waals surface area contributed by atoms with Crippen LogP contribution >= 0.6 is 0 Å². The van der Waals surface area contributed by atoms with Crippen molar-refractivity contribution in [2.75, 3.05) is 17.2 Å². The number of nitrogen functional groups attached to an aromatic ring is 1. The predicted octanol–water partition coefficient (Wildman–Crippen LogP) is 2.15. The minimum atomic E-state index is -3.02. The Bertz CT molecular complexity index is 692. The predicted molar refractivity (Wildman–Crippen MR) is 82.3 cm³/mol. The minimum absolute atomic E-state index is 0.132. The largest absolute Gasteiger partial charge is 0.399 e. The average molecular weight is 295 g/mol. The number of aromatic nitrogens is 2. The first-order chi connectivity index (χ1) is 9.39. The highest BCUT2D eigenvalue weighted by Gasteiger charge is 2.16. The van der Waals surface area contributed by atoms with E-state index in [1.54, 1.807) is 12.1 Å². The van der Waals surface area contributed by atoms with E-state index in [1.807, 2.05) is 19.9 Å². The van der Waals surface area contributed by atoms with Crippen molar-refractivity contribution in [1.82, 2.24) is 9.97 Å². The number of fused-ring (bicyclic) bond motifs is 1. The standard InChI is InChI=1S/C14H21N3O2S/c1-3-10(2)9-20(18,19)7-6-14-16-12-5-4-11(15)8-13(12)17-14/h4-5,8,10H,3,6-7,9,15H2,1-2H3,(H,16,17). The highest BCUT2D eigenvalue weighted by Crippen LogP contribution is 2.15. The monoisotopic (exact) mass is 295 g/mol. The van der Waals surface area contributed by atoms with Gasteiger partial charge in [0, 0.05) is 12.1 Å². The molecule has 0 saturated heterocycles. The molecule has 0 fully saturated rings. The van der Waals surface area contributed by atoms with Gasteiger partial charge in [0.2, 0.25) is 0 Å². The lowest BCUT2D eigenvalue weighted by Gasteiger charge is -2.08. The van der Waals surface area contributed by atoms with Crippen molar-refractivity contribution in [3.63, 3.8) is 0 Å². The number of hydrogen-bond donors (Lipinski definition) is 2. The zero-order valence-corrected chi connectivity index (χ0v) is 12.7. The number of benzene rings is 1. The molecule has 0 radical (unpaired) electrons. The Morgan fingerprint density at radius 2 is 2.15 bits per heavy atom. The fourth-order valence-corrected chi connectivity index (χ4v) is 3.86. The molecule has 0 bridgehead atoms. The summed E-state index contributed by atoms with van der Waals surface area (Å²) in [6.07, 6.45) is 1.29. The topological polar surface area (TPSA) is 88.8 Å². The second kappa shape index (κ2) is 5.83. The summed E-state index contributed by atoms with van der Waals surface area (Å²) >= 11 is 0. The van der Waals surface area contributed by atoms with E-state index in [9.17, 15) is 8.42 Å². The van der Waals surface area contributed by atoms with Crippen LogP contribution in [0.4, 0.5) is 5.69 Å². The number of nitrogens with one attached hydrogen (secondary N) is 1. The molecule has 3 N–H and O–H groups in total. The molecule has 0 aliphatic heterocycles. The molecule has 110 valence electrons. The normalized spacial score (nSPS) is 13.7. The molecule has 1 unspecified atom stereocenters. The molecule has 1 aromatic carbocycles. The van der Waals surface area contributed by atoms with Gasteiger partial charge in [0.15, 0.2) is 9.84 Å². The van der Waals surface area contributed by atoms with Crippen LogP contribution in [0.1, 0.15) is 26.1 Å². The average Bonchev–Trinajstić information content (AvgIpc) is 2.78. The summed E-state index contributed by atoms with van der Waals surface area (Å²) in [5.74, 6) is 1.28. The van der Waals surface area contributed by atoms with Crippen molar-refractivity contribution in [2.45, 2.75) is 26.7 Å². The molecule has 6 heteroatoms. The van der Waals surface area contributed by atoms with E-state index in [-0.39, 0.29) is 17.4 Å². The van der Waals surface area contributed by atoms with Gasteiger partial charge in [-0.15, -0.1) is 0 Å². The van der Waals surface area contributed by atoms with Crippen molar-refractivity contribution >= 4 is 26.6 Å². The van der Waals surface area contributed by atoms with Crippen molar-refractivity contribution in [2.24, 2.45) is 5.92 Å². The Hall–Kier alpha value is -1.56. The van der Waals surface area contributed by atoms with Crippen molar-refractivity contribution in [1.29, 1.82) is 0 Å². The molecule has 0 aliphatic carbocycles. The number of nitrogens with two attached hydrogens (primary N) is 1. The Morgan fingerprint density at radius 1 is 1.40 bits per heavy atom. The van der Waals surface area contributed by atoms with Gasteiger partial charge < -0.3 is 10.7 Å². The molecule has 0 spiro atoms. The van der Waals surface area contributed by atoms with Crippen LogP contribution in [0.15, 0.2) is 18.2 Å². The Kier molecular flexibility index (Phi) is 4.32. The summed E-state index contributed by atoms with van der Waals surface area (Å²) in [5.41, 5.74) is 8.03. The highest BCUT2D eigenvalue weighted by atomic mass is 32.2. The second-order valence-corrected chi connectivity index (χ2v) is 7.57. The molecule has 1 heterocycles. The number of nitrogens with zero attached hydrogens (tertiary/aromatic N) is 1. The summed E-state index contributed by atoms with van der Waals surface area (Å²) in [7, 11) is -3.02. The first-order valence-corrected chi connectivity index (χ1v) is 8.66. The number of aryl methyl sites for hydroxylation is 1. The van der Waals surface area contributed by atoms with Gasteiger partial charge in [-0.2, -0.15) is 0 Å². The van der Waals surface area contributed by atoms with E-state index in [0.29, 0.717) is 17.9 Å². The van der Waals surface area contributed by atoms with Crippen molar-refractivity contribution in [3.05, 3.63) is 24.0 Å². The van der Waals surface area contributed by atoms with Gasteiger partial charge in [-0.3, -0.25) is 0 Å². The first kappa shape index (κ1) is 14.8. The van der Waals surface area contributed by atoms with Crippen LogP contribution in [-0.2, 0) is 16.3 Å². The third-order valence-corrected chi connectivity index (χ3v) is 5.34. The summed E-state index contributed by atoms with van der Waals surface area (Å²) in [6.45, 7) is 3.96. The number of rotatable bonds is 6. The lowest BCUT2D eigenvalue weighted by Crippen LogP contribution is -2.18. The molecule has 0 amide bonds. The quantitative estimate of drug-likeness (QED) is 0.799. The molecular weight excluding hydrogens is 274 g/mol. The number of anilines is 1. The summed E-state index contributed by atoms with van der Waals surface area (Å²) in [6, 6.07) is 5.42. The van der Waals surface area contributed by atoms with Crippen LogP contribution in [0.3, 0.4) is 0 Å². The number of hydrogen-bond acceptors (Lipinski definition) is 4. The van der Waals surface area contributed by atoms with E-state index in [2.05, 4.69) is 9.97 Å². The highest BCUT2D eigenvalue weighted by molar-refractivity contribution is 7.91. The summed E-state index contributed by atoms with van der Waals surface area (Å²) < 4.78 is 24.0. The van der Waals surface area contributed by atoms with Gasteiger partial charge in [-0.1, -0.05) is 20.3 Å². The first-order valence-electron chi connectivity index (χ1n) is 6.84. The maximum Gasteiger partial charge on any atom is 0.151 e. The molecule has 0 aliphatic rings. The van der Waals surface area contributed by atoms with E-state index in [4.69, 9.17) is 5.73 Å². The number of aromatic amines is 1.